The highest BCUT2D eigenvalue weighted by atomic mass is 32.1. The van der Waals surface area contributed by atoms with Gasteiger partial charge in [0.2, 0.25) is 0 Å². The predicted octanol–water partition coefficient (Wildman–Crippen LogP) is 9.31. The molecule has 1 aliphatic carbocycles. The number of thiophene rings is 1. The molecule has 1 atom stereocenters. The molecule has 5 rings (SSSR count). The molecule has 1 aliphatic rings. The van der Waals surface area contributed by atoms with Crippen molar-refractivity contribution in [1.29, 1.82) is 0 Å². The van der Waals surface area contributed by atoms with Crippen molar-refractivity contribution in [3.05, 3.63) is 125 Å². The lowest BCUT2D eigenvalue weighted by molar-refractivity contribution is 0.585. The maximum atomic E-state index is 3.94. The number of allylic oxidation sites excluding steroid dienone is 3. The van der Waals surface area contributed by atoms with Crippen LogP contribution < -0.4 is 5.32 Å². The summed E-state index contributed by atoms with van der Waals surface area (Å²) in [5, 5.41) is 5.17. The van der Waals surface area contributed by atoms with Gasteiger partial charge in [0.25, 0.3) is 0 Å². The van der Waals surface area contributed by atoms with E-state index in [2.05, 4.69) is 110 Å². The van der Waals surface area contributed by atoms with E-state index in [4.69, 9.17) is 0 Å². The van der Waals surface area contributed by atoms with Gasteiger partial charge in [-0.2, -0.15) is 0 Å². The van der Waals surface area contributed by atoms with E-state index in [1.165, 1.54) is 42.8 Å². The molecule has 1 N–H and O–H groups in total. The third kappa shape index (κ3) is 5.31. The molecule has 0 spiro atoms. The van der Waals surface area contributed by atoms with Crippen LogP contribution in [0.2, 0.25) is 0 Å². The minimum absolute atomic E-state index is 0.275. The summed E-state index contributed by atoms with van der Waals surface area (Å²) in [6.07, 6.45) is 15.4. The van der Waals surface area contributed by atoms with Crippen LogP contribution in [0.3, 0.4) is 0 Å². The number of fused-ring (bicyclic) bond motifs is 3. The highest BCUT2D eigenvalue weighted by molar-refractivity contribution is 7.20. The molecule has 36 heavy (non-hydrogen) atoms. The third-order valence-corrected chi connectivity index (χ3v) is 8.38. The largest absolute Gasteiger partial charge is 0.313 e. The van der Waals surface area contributed by atoms with Gasteiger partial charge in [-0.3, -0.25) is 0 Å². The van der Waals surface area contributed by atoms with Crippen LogP contribution in [0.15, 0.2) is 103 Å². The molecule has 0 amide bonds. The molecule has 4 aromatic rings. The van der Waals surface area contributed by atoms with Gasteiger partial charge in [0.15, 0.2) is 0 Å². The summed E-state index contributed by atoms with van der Waals surface area (Å²) in [7, 11) is 2.11. The van der Waals surface area contributed by atoms with E-state index in [1.807, 2.05) is 17.4 Å². The number of nitrogens with one attached hydrogen (secondary N) is 1. The molecular weight excluding hydrogens is 454 g/mol. The summed E-state index contributed by atoms with van der Waals surface area (Å²) in [4.78, 5) is 1.44. The van der Waals surface area contributed by atoms with Crippen molar-refractivity contribution in [1.82, 2.24) is 5.32 Å². The lowest BCUT2D eigenvalue weighted by atomic mass is 9.88. The van der Waals surface area contributed by atoms with Gasteiger partial charge >= 0.3 is 0 Å². The summed E-state index contributed by atoms with van der Waals surface area (Å²) >= 11 is 1.94. The van der Waals surface area contributed by atoms with Crippen molar-refractivity contribution in [2.24, 2.45) is 0 Å². The Bertz CT molecular complexity index is 1390. The smallest absolute Gasteiger partial charge is 0.0361 e. The van der Waals surface area contributed by atoms with E-state index in [0.29, 0.717) is 0 Å². The van der Waals surface area contributed by atoms with Crippen LogP contribution in [0, 0.1) is 0 Å². The second kappa shape index (κ2) is 11.7. The van der Waals surface area contributed by atoms with E-state index in [1.54, 1.807) is 5.56 Å². The van der Waals surface area contributed by atoms with Crippen LogP contribution >= 0.6 is 11.3 Å². The first kappa shape index (κ1) is 24.5. The zero-order valence-electron chi connectivity index (χ0n) is 21.2. The Morgan fingerprint density at radius 3 is 2.67 bits per heavy atom. The Kier molecular flexibility index (Phi) is 7.95. The second-order valence-corrected chi connectivity index (χ2v) is 10.7. The molecular formula is C34H35NS. The molecule has 1 unspecified atom stereocenters. The maximum absolute atomic E-state index is 3.94. The van der Waals surface area contributed by atoms with E-state index in [9.17, 15) is 0 Å². The number of aryl methyl sites for hydroxylation is 1. The first-order valence-corrected chi connectivity index (χ1v) is 13.9. The summed E-state index contributed by atoms with van der Waals surface area (Å²) in [6, 6.07) is 26.8. The fraction of sp³-hybridized carbons (Fsp3) is 0.235. The summed E-state index contributed by atoms with van der Waals surface area (Å²) in [5.41, 5.74) is 8.47. The molecule has 0 saturated heterocycles. The molecule has 3 aromatic carbocycles. The fourth-order valence-electron chi connectivity index (χ4n) is 5.43. The predicted molar refractivity (Wildman–Crippen MR) is 159 cm³/mol. The number of benzene rings is 3. The Labute approximate surface area is 219 Å². The van der Waals surface area contributed by atoms with Crippen LogP contribution in [-0.4, -0.2) is 7.05 Å². The molecule has 0 bridgehead atoms. The van der Waals surface area contributed by atoms with Gasteiger partial charge in [0.05, 0.1) is 0 Å². The Morgan fingerprint density at radius 1 is 1.00 bits per heavy atom. The average molecular weight is 490 g/mol. The van der Waals surface area contributed by atoms with Crippen LogP contribution in [0.1, 0.15) is 53.3 Å². The van der Waals surface area contributed by atoms with Crippen molar-refractivity contribution < 1.29 is 0 Å². The van der Waals surface area contributed by atoms with Gasteiger partial charge in [-0.15, -0.1) is 17.9 Å². The van der Waals surface area contributed by atoms with Crippen LogP contribution in [-0.2, 0) is 12.8 Å². The van der Waals surface area contributed by atoms with Crippen LogP contribution in [0.4, 0.5) is 0 Å². The molecule has 182 valence electrons. The van der Waals surface area contributed by atoms with Crippen molar-refractivity contribution in [3.8, 4) is 11.1 Å². The summed E-state index contributed by atoms with van der Waals surface area (Å²) in [6.45, 7) is 3.94. The van der Waals surface area contributed by atoms with Crippen LogP contribution in [0.25, 0.3) is 27.3 Å². The second-order valence-electron chi connectivity index (χ2n) is 9.58. The van der Waals surface area contributed by atoms with Gasteiger partial charge in [0, 0.05) is 21.0 Å². The van der Waals surface area contributed by atoms with Gasteiger partial charge < -0.3 is 5.32 Å². The Balaban J connectivity index is 1.49. The van der Waals surface area contributed by atoms with Gasteiger partial charge in [-0.1, -0.05) is 90.5 Å². The minimum atomic E-state index is 0.275. The van der Waals surface area contributed by atoms with E-state index < -0.39 is 0 Å². The highest BCUT2D eigenvalue weighted by Gasteiger charge is 2.21. The van der Waals surface area contributed by atoms with Crippen molar-refractivity contribution in [2.75, 3.05) is 7.05 Å². The summed E-state index contributed by atoms with van der Waals surface area (Å²) in [5.74, 6) is 0. The number of hydrogen-bond acceptors (Lipinski definition) is 2. The Morgan fingerprint density at radius 2 is 1.83 bits per heavy atom. The number of hydrogen-bond donors (Lipinski definition) is 1. The van der Waals surface area contributed by atoms with Gasteiger partial charge in [-0.25, -0.2) is 0 Å². The lowest BCUT2D eigenvalue weighted by Crippen LogP contribution is -2.18. The monoisotopic (exact) mass is 489 g/mol. The van der Waals surface area contributed by atoms with E-state index in [-0.39, 0.29) is 6.04 Å². The number of unbranched alkanes of at least 4 members (excludes halogenated alkanes) is 1. The summed E-state index contributed by atoms with van der Waals surface area (Å²) < 4.78 is 1.41. The van der Waals surface area contributed by atoms with Crippen molar-refractivity contribution in [2.45, 2.75) is 44.6 Å². The van der Waals surface area contributed by atoms with Crippen molar-refractivity contribution >= 4 is 27.5 Å². The highest BCUT2D eigenvalue weighted by Crippen LogP contribution is 2.40. The topological polar surface area (TPSA) is 12.0 Å². The van der Waals surface area contributed by atoms with Gasteiger partial charge in [0.1, 0.15) is 0 Å². The van der Waals surface area contributed by atoms with E-state index in [0.717, 1.165) is 38.5 Å². The SMILES string of the molecule is C=CCC/C=C(\Cc1ccccc1-c1ccccc1)CC(NC)c1cccc2sc3c(c12)CCC=C3. The van der Waals surface area contributed by atoms with E-state index >= 15 is 0 Å². The molecule has 1 aromatic heterocycles. The van der Waals surface area contributed by atoms with Gasteiger partial charge in [-0.05, 0) is 85.5 Å². The fourth-order valence-corrected chi connectivity index (χ4v) is 6.65. The first-order chi connectivity index (χ1) is 17.8. The first-order valence-electron chi connectivity index (χ1n) is 13.1. The third-order valence-electron chi connectivity index (χ3n) is 7.22. The number of rotatable bonds is 10. The lowest BCUT2D eigenvalue weighted by Gasteiger charge is -2.22. The quantitative estimate of drug-likeness (QED) is 0.173. The van der Waals surface area contributed by atoms with Crippen molar-refractivity contribution in [3.63, 3.8) is 0 Å². The average Bonchev–Trinajstić information content (AvgIpc) is 3.31. The standard InChI is InChI=1S/C34H35NS/c1-3-4-6-14-25(23-27-17-9-10-18-28(27)26-15-7-5-8-16-26)24-31(35-2)29-20-13-22-33-34(29)30-19-11-12-21-32(30)36-33/h3,5,7-10,12-18,20-22,31,35H,1,4,6,11,19,23-24H2,2H3/b25-14+. The molecule has 1 heterocycles. The maximum Gasteiger partial charge on any atom is 0.0361 e. The molecule has 0 fully saturated rings. The molecule has 0 radical (unpaired) electrons. The zero-order chi connectivity index (χ0) is 24.7. The molecule has 1 nitrogen and oxygen atoms in total. The Hall–Kier alpha value is -3.20. The molecule has 2 heteroatoms. The minimum Gasteiger partial charge on any atom is -0.313 e. The van der Waals surface area contributed by atoms with Crippen LogP contribution in [0.5, 0.6) is 0 Å². The molecule has 0 saturated carbocycles. The molecule has 0 aliphatic heterocycles. The normalized spacial score (nSPS) is 14.1. The zero-order valence-corrected chi connectivity index (χ0v) is 22.0.